The lowest BCUT2D eigenvalue weighted by Crippen LogP contribution is -2.04. The number of aromatic nitrogens is 2. The molecule has 2 aromatic carbocycles. The van der Waals surface area contributed by atoms with Crippen molar-refractivity contribution in [1.29, 1.82) is 0 Å². The standard InChI is InChI=1S/C26H28N4O2/c1-19(31-2)17-32-18-24-15-23(12-14-28-24)30-22-9-7-21(8-10-22)27-13-11-20-16-29-26-6-4-3-5-25(20)26/h3-10,12,14-16,27,29H,1,11,13,17-18H2,2H3,(H,28,30). The van der Waals surface area contributed by atoms with Crippen molar-refractivity contribution in [2.24, 2.45) is 0 Å². The van der Waals surface area contributed by atoms with Crippen molar-refractivity contribution in [2.75, 3.05) is 30.9 Å². The predicted octanol–water partition coefficient (Wildman–Crippen LogP) is 5.64. The number of pyridine rings is 1. The first kappa shape index (κ1) is 21.5. The molecule has 4 rings (SSSR count). The molecule has 0 aliphatic rings. The molecule has 6 nitrogen and oxygen atoms in total. The van der Waals surface area contributed by atoms with Crippen LogP contribution >= 0.6 is 0 Å². The molecule has 0 radical (unpaired) electrons. The lowest BCUT2D eigenvalue weighted by Gasteiger charge is -2.11. The van der Waals surface area contributed by atoms with Crippen molar-refractivity contribution in [2.45, 2.75) is 13.0 Å². The minimum Gasteiger partial charge on any atom is -0.499 e. The van der Waals surface area contributed by atoms with Gasteiger partial charge in [-0.25, -0.2) is 0 Å². The first-order chi connectivity index (χ1) is 15.7. The van der Waals surface area contributed by atoms with Crippen LogP contribution in [0.15, 0.2) is 85.4 Å². The summed E-state index contributed by atoms with van der Waals surface area (Å²) >= 11 is 0. The minimum absolute atomic E-state index is 0.352. The van der Waals surface area contributed by atoms with E-state index in [4.69, 9.17) is 9.47 Å². The van der Waals surface area contributed by atoms with E-state index < -0.39 is 0 Å². The molecule has 164 valence electrons. The number of para-hydroxylation sites is 1. The molecule has 0 aliphatic heterocycles. The first-order valence-electron chi connectivity index (χ1n) is 10.6. The minimum atomic E-state index is 0.352. The maximum Gasteiger partial charge on any atom is 0.114 e. The van der Waals surface area contributed by atoms with Gasteiger partial charge in [0.05, 0.1) is 19.4 Å². The summed E-state index contributed by atoms with van der Waals surface area (Å²) < 4.78 is 10.6. The Hall–Kier alpha value is -3.77. The first-order valence-corrected chi connectivity index (χ1v) is 10.6. The third-order valence-electron chi connectivity index (χ3n) is 5.19. The Bertz CT molecular complexity index is 1170. The van der Waals surface area contributed by atoms with Gasteiger partial charge in [-0.3, -0.25) is 4.98 Å². The summed E-state index contributed by atoms with van der Waals surface area (Å²) in [4.78, 5) is 7.68. The Morgan fingerprint density at radius 3 is 2.69 bits per heavy atom. The van der Waals surface area contributed by atoms with Crippen molar-refractivity contribution >= 4 is 28.0 Å². The molecule has 0 spiro atoms. The molecule has 6 heteroatoms. The Kier molecular flexibility index (Phi) is 7.05. The topological polar surface area (TPSA) is 71.2 Å². The van der Waals surface area contributed by atoms with Gasteiger partial charge >= 0.3 is 0 Å². The SMILES string of the molecule is C=C(COCc1cc(Nc2ccc(NCCc3c[nH]c4ccccc34)cc2)ccn1)OC. The molecule has 0 bridgehead atoms. The summed E-state index contributed by atoms with van der Waals surface area (Å²) in [6.07, 6.45) is 4.83. The van der Waals surface area contributed by atoms with Crippen molar-refractivity contribution in [3.8, 4) is 0 Å². The quantitative estimate of drug-likeness (QED) is 0.270. The van der Waals surface area contributed by atoms with Gasteiger partial charge in [-0.2, -0.15) is 0 Å². The maximum absolute atomic E-state index is 5.56. The lowest BCUT2D eigenvalue weighted by molar-refractivity contribution is 0.102. The second-order valence-electron chi connectivity index (χ2n) is 7.51. The van der Waals surface area contributed by atoms with Crippen LogP contribution in [0.25, 0.3) is 10.9 Å². The van der Waals surface area contributed by atoms with Crippen LogP contribution in [-0.4, -0.2) is 30.2 Å². The Morgan fingerprint density at radius 2 is 1.84 bits per heavy atom. The van der Waals surface area contributed by atoms with Gasteiger partial charge in [0.15, 0.2) is 0 Å². The number of ether oxygens (including phenoxy) is 2. The number of methoxy groups -OCH3 is 1. The molecule has 0 aliphatic carbocycles. The van der Waals surface area contributed by atoms with Crippen LogP contribution in [-0.2, 0) is 22.5 Å². The number of nitrogens with zero attached hydrogens (tertiary/aromatic N) is 1. The number of fused-ring (bicyclic) bond motifs is 1. The van der Waals surface area contributed by atoms with Gasteiger partial charge in [0.1, 0.15) is 12.4 Å². The van der Waals surface area contributed by atoms with Crippen LogP contribution in [0.2, 0.25) is 0 Å². The molecule has 4 aromatic rings. The molecule has 0 saturated heterocycles. The molecular weight excluding hydrogens is 400 g/mol. The summed E-state index contributed by atoms with van der Waals surface area (Å²) in [5, 5.41) is 8.20. The molecule has 0 atom stereocenters. The molecule has 32 heavy (non-hydrogen) atoms. The van der Waals surface area contributed by atoms with Gasteiger partial charge in [0.2, 0.25) is 0 Å². The van der Waals surface area contributed by atoms with Gasteiger partial charge in [-0.1, -0.05) is 24.8 Å². The number of H-pyrrole nitrogens is 1. The fourth-order valence-corrected chi connectivity index (χ4v) is 3.48. The zero-order valence-electron chi connectivity index (χ0n) is 18.2. The number of rotatable bonds is 11. The average molecular weight is 429 g/mol. The van der Waals surface area contributed by atoms with Crippen molar-refractivity contribution in [1.82, 2.24) is 9.97 Å². The number of nitrogens with one attached hydrogen (secondary N) is 3. The number of benzene rings is 2. The monoisotopic (exact) mass is 428 g/mol. The summed E-state index contributed by atoms with van der Waals surface area (Å²) in [5.41, 5.74) is 6.42. The van der Waals surface area contributed by atoms with E-state index in [-0.39, 0.29) is 0 Å². The van der Waals surface area contributed by atoms with E-state index in [2.05, 4.69) is 81.9 Å². The largest absolute Gasteiger partial charge is 0.499 e. The van der Waals surface area contributed by atoms with E-state index in [0.29, 0.717) is 19.0 Å². The van der Waals surface area contributed by atoms with Gasteiger partial charge in [-0.05, 0) is 54.4 Å². The highest BCUT2D eigenvalue weighted by molar-refractivity contribution is 5.83. The summed E-state index contributed by atoms with van der Waals surface area (Å²) in [5.74, 6) is 0.592. The van der Waals surface area contributed by atoms with E-state index in [1.807, 2.05) is 12.1 Å². The van der Waals surface area contributed by atoms with Crippen LogP contribution in [0.3, 0.4) is 0 Å². The molecular formula is C26H28N4O2. The highest BCUT2D eigenvalue weighted by atomic mass is 16.5. The molecule has 0 amide bonds. The maximum atomic E-state index is 5.56. The van der Waals surface area contributed by atoms with Crippen molar-refractivity contribution < 1.29 is 9.47 Å². The van der Waals surface area contributed by atoms with Gasteiger partial charge < -0.3 is 25.1 Å². The normalized spacial score (nSPS) is 10.8. The zero-order chi connectivity index (χ0) is 22.2. The Labute approximate surface area is 188 Å². The molecule has 2 heterocycles. The smallest absolute Gasteiger partial charge is 0.114 e. The van der Waals surface area contributed by atoms with E-state index in [0.717, 1.165) is 35.7 Å². The van der Waals surface area contributed by atoms with Crippen LogP contribution in [0.4, 0.5) is 17.1 Å². The van der Waals surface area contributed by atoms with E-state index in [1.54, 1.807) is 13.3 Å². The molecule has 0 saturated carbocycles. The molecule has 0 fully saturated rings. The lowest BCUT2D eigenvalue weighted by atomic mass is 10.1. The highest BCUT2D eigenvalue weighted by Gasteiger charge is 2.03. The third kappa shape index (κ3) is 5.68. The van der Waals surface area contributed by atoms with E-state index >= 15 is 0 Å². The summed E-state index contributed by atoms with van der Waals surface area (Å²) in [7, 11) is 1.58. The highest BCUT2D eigenvalue weighted by Crippen LogP contribution is 2.21. The van der Waals surface area contributed by atoms with Gasteiger partial charge in [0.25, 0.3) is 0 Å². The van der Waals surface area contributed by atoms with Gasteiger partial charge in [0, 0.05) is 46.9 Å². The van der Waals surface area contributed by atoms with Crippen LogP contribution in [0.5, 0.6) is 0 Å². The third-order valence-corrected chi connectivity index (χ3v) is 5.19. The van der Waals surface area contributed by atoms with Crippen molar-refractivity contribution in [3.63, 3.8) is 0 Å². The molecule has 3 N–H and O–H groups in total. The van der Waals surface area contributed by atoms with Crippen LogP contribution in [0.1, 0.15) is 11.3 Å². The number of aromatic amines is 1. The second kappa shape index (κ2) is 10.5. The van der Waals surface area contributed by atoms with E-state index in [9.17, 15) is 0 Å². The number of anilines is 3. The Morgan fingerprint density at radius 1 is 1.03 bits per heavy atom. The van der Waals surface area contributed by atoms with E-state index in [1.165, 1.54) is 16.5 Å². The zero-order valence-corrected chi connectivity index (χ0v) is 18.2. The summed E-state index contributed by atoms with van der Waals surface area (Å²) in [6, 6.07) is 20.6. The molecule has 0 unspecified atom stereocenters. The second-order valence-corrected chi connectivity index (χ2v) is 7.51. The van der Waals surface area contributed by atoms with Crippen LogP contribution < -0.4 is 10.6 Å². The fourth-order valence-electron chi connectivity index (χ4n) is 3.48. The van der Waals surface area contributed by atoms with Gasteiger partial charge in [-0.15, -0.1) is 0 Å². The predicted molar refractivity (Wildman–Crippen MR) is 130 cm³/mol. The fraction of sp³-hybridized carbons (Fsp3) is 0.192. The summed E-state index contributed by atoms with van der Waals surface area (Å²) in [6.45, 7) is 5.37. The van der Waals surface area contributed by atoms with Crippen LogP contribution in [0, 0.1) is 0 Å². The van der Waals surface area contributed by atoms with Crippen molar-refractivity contribution in [3.05, 3.63) is 96.7 Å². The number of hydrogen-bond acceptors (Lipinski definition) is 5. The molecule has 2 aromatic heterocycles. The average Bonchev–Trinajstić information content (AvgIpc) is 3.23. The number of hydrogen-bond donors (Lipinski definition) is 3. The Balaban J connectivity index is 1.27.